The predicted molar refractivity (Wildman–Crippen MR) is 90.1 cm³/mol. The minimum absolute atomic E-state index is 0.0744. The number of carbonyl (C=O) groups is 1. The molecular weight excluding hydrogens is 288 g/mol. The van der Waals surface area contributed by atoms with Crippen LogP contribution < -0.4 is 5.32 Å². The first-order valence-electron chi connectivity index (χ1n) is 7.67. The predicted octanol–water partition coefficient (Wildman–Crippen LogP) is 3.73. The van der Waals surface area contributed by atoms with Gasteiger partial charge in [-0.1, -0.05) is 47.1 Å². The van der Waals surface area contributed by atoms with Crippen molar-refractivity contribution in [3.8, 4) is 0 Å². The van der Waals surface area contributed by atoms with Gasteiger partial charge in [0.05, 0.1) is 12.0 Å². The van der Waals surface area contributed by atoms with E-state index in [0.717, 1.165) is 10.9 Å². The minimum atomic E-state index is -0.440. The number of benzene rings is 2. The third-order valence-corrected chi connectivity index (χ3v) is 4.01. The lowest BCUT2D eigenvalue weighted by Crippen LogP contribution is -2.41. The van der Waals surface area contributed by atoms with Crippen LogP contribution in [0.25, 0.3) is 11.0 Å². The Morgan fingerprint density at radius 3 is 2.57 bits per heavy atom. The molecule has 4 heteroatoms. The highest BCUT2D eigenvalue weighted by molar-refractivity contribution is 5.86. The van der Waals surface area contributed by atoms with E-state index in [4.69, 9.17) is 4.52 Å². The number of aromatic nitrogens is 1. The number of hydrogen-bond acceptors (Lipinski definition) is 3. The molecule has 118 valence electrons. The summed E-state index contributed by atoms with van der Waals surface area (Å²) in [5.41, 5.74) is 3.20. The van der Waals surface area contributed by atoms with Crippen molar-refractivity contribution in [3.63, 3.8) is 0 Å². The van der Waals surface area contributed by atoms with Crippen LogP contribution in [0.1, 0.15) is 30.7 Å². The van der Waals surface area contributed by atoms with Crippen molar-refractivity contribution >= 4 is 16.9 Å². The maximum absolute atomic E-state index is 12.4. The van der Waals surface area contributed by atoms with Gasteiger partial charge in [-0.25, -0.2) is 0 Å². The molecule has 23 heavy (non-hydrogen) atoms. The van der Waals surface area contributed by atoms with E-state index in [9.17, 15) is 4.79 Å². The smallest absolute Gasteiger partial charge is 0.226 e. The fourth-order valence-corrected chi connectivity index (χ4v) is 2.65. The molecule has 0 unspecified atom stereocenters. The molecule has 0 aliphatic heterocycles. The first kappa shape index (κ1) is 15.3. The Morgan fingerprint density at radius 2 is 1.83 bits per heavy atom. The van der Waals surface area contributed by atoms with Crippen molar-refractivity contribution in [2.24, 2.45) is 0 Å². The first-order valence-corrected chi connectivity index (χ1v) is 7.67. The lowest BCUT2D eigenvalue weighted by molar-refractivity contribution is -0.122. The molecule has 0 saturated carbocycles. The summed E-state index contributed by atoms with van der Waals surface area (Å²) < 4.78 is 5.25. The van der Waals surface area contributed by atoms with Gasteiger partial charge >= 0.3 is 0 Å². The zero-order chi connectivity index (χ0) is 16.4. The zero-order valence-corrected chi connectivity index (χ0v) is 13.6. The molecule has 3 aromatic rings. The van der Waals surface area contributed by atoms with Crippen LogP contribution in [0.5, 0.6) is 0 Å². The molecule has 1 aromatic heterocycles. The van der Waals surface area contributed by atoms with Gasteiger partial charge in [-0.2, -0.15) is 0 Å². The molecule has 0 aliphatic carbocycles. The number of nitrogens with one attached hydrogen (secondary N) is 1. The molecule has 2 aromatic carbocycles. The molecule has 4 nitrogen and oxygen atoms in total. The van der Waals surface area contributed by atoms with E-state index < -0.39 is 5.54 Å². The Balaban J connectivity index is 1.74. The van der Waals surface area contributed by atoms with Crippen molar-refractivity contribution in [2.45, 2.75) is 32.7 Å². The first-order chi connectivity index (χ1) is 11.0. The Bertz CT molecular complexity index is 832. The monoisotopic (exact) mass is 308 g/mol. The van der Waals surface area contributed by atoms with Crippen LogP contribution in [0.15, 0.2) is 53.1 Å². The van der Waals surface area contributed by atoms with Crippen molar-refractivity contribution in [2.75, 3.05) is 0 Å². The van der Waals surface area contributed by atoms with E-state index in [1.54, 1.807) is 0 Å². The van der Waals surface area contributed by atoms with Crippen LogP contribution in [0.4, 0.5) is 0 Å². The Morgan fingerprint density at radius 1 is 1.13 bits per heavy atom. The number of nitrogens with zero attached hydrogens (tertiary/aromatic N) is 1. The highest BCUT2D eigenvalue weighted by Crippen LogP contribution is 2.22. The fraction of sp³-hybridized carbons (Fsp3) is 0.263. The van der Waals surface area contributed by atoms with Crippen LogP contribution in [0.3, 0.4) is 0 Å². The van der Waals surface area contributed by atoms with Crippen LogP contribution in [-0.2, 0) is 16.8 Å². The molecule has 0 saturated heterocycles. The van der Waals surface area contributed by atoms with Gasteiger partial charge in [-0.3, -0.25) is 4.79 Å². The van der Waals surface area contributed by atoms with Gasteiger partial charge in [0.2, 0.25) is 5.91 Å². The highest BCUT2D eigenvalue weighted by Gasteiger charge is 2.23. The van der Waals surface area contributed by atoms with E-state index in [2.05, 4.69) is 10.5 Å². The van der Waals surface area contributed by atoms with Crippen molar-refractivity contribution in [1.29, 1.82) is 0 Å². The Kier molecular flexibility index (Phi) is 3.90. The van der Waals surface area contributed by atoms with E-state index in [0.29, 0.717) is 11.3 Å². The van der Waals surface area contributed by atoms with Gasteiger partial charge in [0, 0.05) is 5.39 Å². The van der Waals surface area contributed by atoms with Gasteiger partial charge in [-0.05, 0) is 38.5 Å². The molecule has 1 amide bonds. The Labute approximate surface area is 135 Å². The van der Waals surface area contributed by atoms with E-state index in [1.165, 1.54) is 5.56 Å². The van der Waals surface area contributed by atoms with Crippen molar-refractivity contribution < 1.29 is 9.32 Å². The van der Waals surface area contributed by atoms with Gasteiger partial charge < -0.3 is 9.84 Å². The molecule has 1 heterocycles. The molecule has 1 N–H and O–H groups in total. The normalized spacial score (nSPS) is 11.6. The highest BCUT2D eigenvalue weighted by atomic mass is 16.5. The van der Waals surface area contributed by atoms with Crippen molar-refractivity contribution in [3.05, 3.63) is 65.4 Å². The average molecular weight is 308 g/mol. The van der Waals surface area contributed by atoms with Crippen LogP contribution in [-0.4, -0.2) is 11.1 Å². The molecule has 3 rings (SSSR count). The van der Waals surface area contributed by atoms with E-state index in [-0.39, 0.29) is 12.3 Å². The summed E-state index contributed by atoms with van der Waals surface area (Å²) in [4.78, 5) is 12.4. The fourth-order valence-electron chi connectivity index (χ4n) is 2.65. The summed E-state index contributed by atoms with van der Waals surface area (Å²) in [7, 11) is 0. The largest absolute Gasteiger partial charge is 0.356 e. The number of para-hydroxylation sites is 1. The average Bonchev–Trinajstić information content (AvgIpc) is 2.90. The quantitative estimate of drug-likeness (QED) is 0.799. The number of rotatable bonds is 4. The SMILES string of the molecule is Cc1ccc(C(C)(C)NC(=O)Cc2noc3ccccc23)cc1. The molecule has 0 bridgehead atoms. The summed E-state index contributed by atoms with van der Waals surface area (Å²) in [5, 5.41) is 7.97. The van der Waals surface area contributed by atoms with E-state index >= 15 is 0 Å². The van der Waals surface area contributed by atoms with Crippen LogP contribution in [0.2, 0.25) is 0 Å². The third kappa shape index (κ3) is 3.26. The number of amides is 1. The number of carbonyl (C=O) groups excluding carboxylic acids is 1. The minimum Gasteiger partial charge on any atom is -0.356 e. The third-order valence-electron chi connectivity index (χ3n) is 4.01. The van der Waals surface area contributed by atoms with Gasteiger partial charge in [0.15, 0.2) is 5.58 Å². The lowest BCUT2D eigenvalue weighted by Gasteiger charge is -2.27. The molecule has 0 atom stereocenters. The van der Waals surface area contributed by atoms with Crippen LogP contribution in [0, 0.1) is 6.92 Å². The standard InChI is InChI=1S/C19H20N2O2/c1-13-8-10-14(11-9-13)19(2,3)20-18(22)12-16-15-6-4-5-7-17(15)23-21-16/h4-11H,12H2,1-3H3,(H,20,22). The molecule has 0 aliphatic rings. The topological polar surface area (TPSA) is 55.1 Å². The number of hydrogen-bond donors (Lipinski definition) is 1. The van der Waals surface area contributed by atoms with Gasteiger partial charge in [-0.15, -0.1) is 0 Å². The second-order valence-electron chi connectivity index (χ2n) is 6.34. The van der Waals surface area contributed by atoms with Gasteiger partial charge in [0.1, 0.15) is 5.69 Å². The maximum atomic E-state index is 12.4. The Hall–Kier alpha value is -2.62. The zero-order valence-electron chi connectivity index (χ0n) is 13.6. The van der Waals surface area contributed by atoms with Crippen LogP contribution >= 0.6 is 0 Å². The molecule has 0 fully saturated rings. The molecular formula is C19H20N2O2. The summed E-state index contributed by atoms with van der Waals surface area (Å²) >= 11 is 0. The summed E-state index contributed by atoms with van der Waals surface area (Å²) in [6, 6.07) is 15.7. The van der Waals surface area contributed by atoms with E-state index in [1.807, 2.05) is 69.3 Å². The second kappa shape index (κ2) is 5.88. The second-order valence-corrected chi connectivity index (χ2v) is 6.34. The number of fused-ring (bicyclic) bond motifs is 1. The number of aryl methyl sites for hydroxylation is 1. The van der Waals surface area contributed by atoms with Crippen molar-refractivity contribution in [1.82, 2.24) is 10.5 Å². The lowest BCUT2D eigenvalue weighted by atomic mass is 9.93. The molecule has 0 radical (unpaired) electrons. The summed E-state index contributed by atoms with van der Waals surface area (Å²) in [6.07, 6.45) is 0.201. The summed E-state index contributed by atoms with van der Waals surface area (Å²) in [6.45, 7) is 6.04. The maximum Gasteiger partial charge on any atom is 0.226 e. The van der Waals surface area contributed by atoms with Gasteiger partial charge in [0.25, 0.3) is 0 Å². The summed E-state index contributed by atoms with van der Waals surface area (Å²) in [5.74, 6) is -0.0744. The molecule has 0 spiro atoms.